The van der Waals surface area contributed by atoms with Crippen molar-refractivity contribution in [1.82, 2.24) is 19.7 Å². The maximum Gasteiger partial charge on any atom is 0.319 e. The Hall–Kier alpha value is -2.55. The van der Waals surface area contributed by atoms with Gasteiger partial charge in [-0.05, 0) is 0 Å². The molecule has 2 aliphatic rings. The zero-order chi connectivity index (χ0) is 19.1. The summed E-state index contributed by atoms with van der Waals surface area (Å²) in [6.45, 7) is 2.00. The number of ether oxygens (including phenoxy) is 1. The monoisotopic (exact) mass is 364 g/mol. The molecule has 3 rings (SSSR count). The van der Waals surface area contributed by atoms with Crippen LogP contribution in [0.1, 0.15) is 5.69 Å². The van der Waals surface area contributed by atoms with Gasteiger partial charge < -0.3 is 24.6 Å². The molecule has 2 atom stereocenters. The second-order valence-corrected chi connectivity index (χ2v) is 7.28. The Labute approximate surface area is 151 Å². The van der Waals surface area contributed by atoms with Crippen LogP contribution >= 0.6 is 0 Å². The molecule has 0 radical (unpaired) electrons. The molecular formula is C17H24N4O5. The van der Waals surface area contributed by atoms with Crippen LogP contribution in [0.4, 0.5) is 4.79 Å². The number of H-pyrrole nitrogens is 1. The molecule has 2 aliphatic heterocycles. The highest BCUT2D eigenvalue weighted by Crippen LogP contribution is 2.43. The second kappa shape index (κ2) is 6.64. The van der Waals surface area contributed by atoms with Crippen molar-refractivity contribution in [3.63, 3.8) is 0 Å². The Balaban J connectivity index is 1.74. The van der Waals surface area contributed by atoms with Crippen molar-refractivity contribution in [2.75, 3.05) is 47.4 Å². The van der Waals surface area contributed by atoms with Gasteiger partial charge in [0.05, 0.1) is 7.11 Å². The van der Waals surface area contributed by atoms with Gasteiger partial charge >= 0.3 is 12.0 Å². The van der Waals surface area contributed by atoms with E-state index in [0.717, 1.165) is 0 Å². The number of amides is 2. The molecule has 0 saturated carbocycles. The first-order valence-corrected chi connectivity index (χ1v) is 8.44. The summed E-state index contributed by atoms with van der Waals surface area (Å²) in [7, 11) is 4.76. The molecule has 3 heterocycles. The number of carbonyl (C=O) groups excluding carboxylic acids is 1. The van der Waals surface area contributed by atoms with Gasteiger partial charge in [0.2, 0.25) is 5.43 Å². The van der Waals surface area contributed by atoms with E-state index in [9.17, 15) is 19.5 Å². The highest BCUT2D eigenvalue weighted by molar-refractivity contribution is 5.80. The molecule has 2 fully saturated rings. The fraction of sp³-hybridized carbons (Fsp3) is 0.588. The Morgan fingerprint density at radius 2 is 2.12 bits per heavy atom. The van der Waals surface area contributed by atoms with Gasteiger partial charge in [-0.1, -0.05) is 0 Å². The van der Waals surface area contributed by atoms with Gasteiger partial charge in [0.15, 0.2) is 5.75 Å². The molecule has 1 aromatic heterocycles. The molecule has 0 aromatic carbocycles. The molecule has 0 aliphatic carbocycles. The standard InChI is InChI=1S/C17H24N4O5/c1-19(2)16(25)21-7-11-6-20(9-17(11,10-21)15(23)24)8-12-4-13(22)14(26-3)5-18-12/h4-5,11H,6-10H2,1-3H3,(H,18,22)(H,23,24)/t11-,17-/m0/s1. The number of nitrogens with zero attached hydrogens (tertiary/aromatic N) is 3. The SMILES string of the molecule is COc1c[nH]c(CN2C[C@H]3CN(C(=O)N(C)C)C[C@@]3(C(=O)O)C2)cc1=O. The number of fused-ring (bicyclic) bond motifs is 1. The summed E-state index contributed by atoms with van der Waals surface area (Å²) in [5.74, 6) is -0.761. The van der Waals surface area contributed by atoms with Crippen LogP contribution in [0, 0.1) is 11.3 Å². The van der Waals surface area contributed by atoms with Crippen LogP contribution in [0.3, 0.4) is 0 Å². The number of carboxylic acid groups (broad SMARTS) is 1. The van der Waals surface area contributed by atoms with E-state index in [4.69, 9.17) is 4.74 Å². The fourth-order valence-corrected chi connectivity index (χ4v) is 4.01. The lowest BCUT2D eigenvalue weighted by molar-refractivity contribution is -0.148. The van der Waals surface area contributed by atoms with Crippen molar-refractivity contribution in [1.29, 1.82) is 0 Å². The minimum atomic E-state index is -0.960. The average molecular weight is 364 g/mol. The van der Waals surface area contributed by atoms with Gasteiger partial charge in [0.1, 0.15) is 5.41 Å². The van der Waals surface area contributed by atoms with Crippen LogP contribution in [-0.2, 0) is 11.3 Å². The number of likely N-dealkylation sites (tertiary alicyclic amines) is 2. The minimum Gasteiger partial charge on any atom is -0.491 e. The van der Waals surface area contributed by atoms with Crippen molar-refractivity contribution in [2.24, 2.45) is 11.3 Å². The van der Waals surface area contributed by atoms with E-state index in [-0.39, 0.29) is 29.7 Å². The highest BCUT2D eigenvalue weighted by atomic mass is 16.5. The number of aromatic nitrogens is 1. The third-order valence-corrected chi connectivity index (χ3v) is 5.31. The maximum absolute atomic E-state index is 12.2. The summed E-state index contributed by atoms with van der Waals surface area (Å²) in [6, 6.07) is 1.31. The Morgan fingerprint density at radius 1 is 1.38 bits per heavy atom. The largest absolute Gasteiger partial charge is 0.491 e. The van der Waals surface area contributed by atoms with Gasteiger partial charge in [-0.2, -0.15) is 0 Å². The van der Waals surface area contributed by atoms with Crippen molar-refractivity contribution in [3.8, 4) is 5.75 Å². The van der Waals surface area contributed by atoms with Crippen molar-refractivity contribution >= 4 is 12.0 Å². The first-order chi connectivity index (χ1) is 12.3. The van der Waals surface area contributed by atoms with E-state index in [0.29, 0.717) is 31.9 Å². The van der Waals surface area contributed by atoms with E-state index in [1.165, 1.54) is 24.3 Å². The predicted molar refractivity (Wildman–Crippen MR) is 93.1 cm³/mol. The van der Waals surface area contributed by atoms with Crippen molar-refractivity contribution in [2.45, 2.75) is 6.54 Å². The zero-order valence-corrected chi connectivity index (χ0v) is 15.2. The Bertz CT molecular complexity index is 777. The fourth-order valence-electron chi connectivity index (χ4n) is 4.01. The molecule has 1 aromatic rings. The first-order valence-electron chi connectivity index (χ1n) is 8.44. The number of hydrogen-bond acceptors (Lipinski definition) is 5. The molecule has 0 bridgehead atoms. The third kappa shape index (κ3) is 3.03. The van der Waals surface area contributed by atoms with Gasteiger partial charge in [-0.15, -0.1) is 0 Å². The van der Waals surface area contributed by atoms with Crippen LogP contribution in [0.2, 0.25) is 0 Å². The second-order valence-electron chi connectivity index (χ2n) is 7.28. The van der Waals surface area contributed by atoms with E-state index >= 15 is 0 Å². The Morgan fingerprint density at radius 3 is 2.65 bits per heavy atom. The number of aromatic amines is 1. The summed E-state index contributed by atoms with van der Waals surface area (Å²) < 4.78 is 4.96. The number of urea groups is 1. The molecule has 142 valence electrons. The van der Waals surface area contributed by atoms with Gasteiger partial charge in [0, 0.05) is 70.7 Å². The van der Waals surface area contributed by atoms with Crippen LogP contribution < -0.4 is 10.2 Å². The van der Waals surface area contributed by atoms with E-state index in [1.807, 2.05) is 4.90 Å². The van der Waals surface area contributed by atoms with Gasteiger partial charge in [0.25, 0.3) is 0 Å². The lowest BCUT2D eigenvalue weighted by Gasteiger charge is -2.27. The number of aliphatic carboxylic acids is 1. The molecule has 2 saturated heterocycles. The topological polar surface area (TPSA) is 106 Å². The number of carbonyl (C=O) groups is 2. The average Bonchev–Trinajstić information content (AvgIpc) is 3.09. The predicted octanol–water partition coefficient (Wildman–Crippen LogP) is -0.116. The molecule has 2 amide bonds. The lowest BCUT2D eigenvalue weighted by Crippen LogP contribution is -2.44. The van der Waals surface area contributed by atoms with Crippen LogP contribution in [0.5, 0.6) is 5.75 Å². The van der Waals surface area contributed by atoms with E-state index < -0.39 is 11.4 Å². The number of pyridine rings is 1. The van der Waals surface area contributed by atoms with Crippen molar-refractivity contribution in [3.05, 3.63) is 28.2 Å². The Kier molecular flexibility index (Phi) is 4.66. The number of nitrogens with one attached hydrogen (secondary N) is 1. The number of rotatable bonds is 4. The normalized spacial score (nSPS) is 25.2. The zero-order valence-electron chi connectivity index (χ0n) is 15.2. The third-order valence-electron chi connectivity index (χ3n) is 5.31. The molecule has 26 heavy (non-hydrogen) atoms. The lowest BCUT2D eigenvalue weighted by atomic mass is 9.81. The summed E-state index contributed by atoms with van der Waals surface area (Å²) in [6.07, 6.45) is 1.51. The summed E-state index contributed by atoms with van der Waals surface area (Å²) in [5.41, 5.74) is -0.466. The number of methoxy groups -OCH3 is 1. The minimum absolute atomic E-state index is 0.131. The van der Waals surface area contributed by atoms with Crippen molar-refractivity contribution < 1.29 is 19.4 Å². The van der Waals surface area contributed by atoms with Crippen LogP contribution in [0.15, 0.2) is 17.1 Å². The number of hydrogen-bond donors (Lipinski definition) is 2. The quantitative estimate of drug-likeness (QED) is 0.772. The van der Waals surface area contributed by atoms with Gasteiger partial charge in [-0.25, -0.2) is 4.79 Å². The molecule has 0 unspecified atom stereocenters. The maximum atomic E-state index is 12.2. The highest BCUT2D eigenvalue weighted by Gasteiger charge is 2.58. The molecule has 9 heteroatoms. The smallest absolute Gasteiger partial charge is 0.319 e. The van der Waals surface area contributed by atoms with Crippen LogP contribution in [-0.4, -0.2) is 84.2 Å². The number of carboxylic acids is 1. The summed E-state index contributed by atoms with van der Waals surface area (Å²) in [5, 5.41) is 9.86. The molecule has 0 spiro atoms. The molecule has 9 nitrogen and oxygen atoms in total. The molecule has 2 N–H and O–H groups in total. The molecular weight excluding hydrogens is 340 g/mol. The van der Waals surface area contributed by atoms with Gasteiger partial charge in [-0.3, -0.25) is 14.5 Å². The van der Waals surface area contributed by atoms with E-state index in [2.05, 4.69) is 4.98 Å². The summed E-state index contributed by atoms with van der Waals surface area (Å²) in [4.78, 5) is 44.2. The first kappa shape index (κ1) is 18.2. The van der Waals surface area contributed by atoms with E-state index in [1.54, 1.807) is 19.0 Å². The summed E-state index contributed by atoms with van der Waals surface area (Å²) >= 11 is 0. The van der Waals surface area contributed by atoms with Crippen LogP contribution in [0.25, 0.3) is 0 Å².